The van der Waals surface area contributed by atoms with E-state index in [0.29, 0.717) is 18.3 Å². The maximum Gasteiger partial charge on any atom is 0.303 e. The Morgan fingerprint density at radius 3 is 1.59 bits per heavy atom. The first-order valence-corrected chi connectivity index (χ1v) is 14.1. The molecule has 0 rings (SSSR count). The minimum atomic E-state index is -0.659. The summed E-state index contributed by atoms with van der Waals surface area (Å²) in [5.41, 5.74) is 0. The lowest BCUT2D eigenvalue weighted by Crippen LogP contribution is -1.97. The van der Waals surface area contributed by atoms with Crippen LogP contribution < -0.4 is 0 Å². The summed E-state index contributed by atoms with van der Waals surface area (Å²) in [5, 5.41) is 8.61. The van der Waals surface area contributed by atoms with Gasteiger partial charge in [0.25, 0.3) is 0 Å². The van der Waals surface area contributed by atoms with E-state index in [1.807, 2.05) is 25.2 Å². The number of hydrogen-bond donors (Lipinski definition) is 1. The summed E-state index contributed by atoms with van der Waals surface area (Å²) in [5.74, 6) is 0.587. The predicted molar refractivity (Wildman–Crippen MR) is 151 cm³/mol. The molecular formula is C32H54O2. The van der Waals surface area contributed by atoms with Crippen molar-refractivity contribution in [1.82, 2.24) is 0 Å². The van der Waals surface area contributed by atoms with Crippen molar-refractivity contribution < 1.29 is 9.90 Å². The van der Waals surface area contributed by atoms with Gasteiger partial charge in [0.2, 0.25) is 0 Å². The minimum Gasteiger partial charge on any atom is -0.481 e. The van der Waals surface area contributed by atoms with Gasteiger partial charge in [-0.15, -0.1) is 0 Å². The lowest BCUT2D eigenvalue weighted by atomic mass is 9.96. The summed E-state index contributed by atoms with van der Waals surface area (Å²) < 4.78 is 0. The van der Waals surface area contributed by atoms with Gasteiger partial charge in [-0.1, -0.05) is 145 Å². The number of rotatable bonds is 23. The molecule has 0 aliphatic heterocycles. The van der Waals surface area contributed by atoms with E-state index in [9.17, 15) is 4.79 Å². The highest BCUT2D eigenvalue weighted by Gasteiger charge is 2.02. The maximum absolute atomic E-state index is 10.5. The lowest BCUT2D eigenvalue weighted by Gasteiger charge is -2.10. The van der Waals surface area contributed by atoms with Gasteiger partial charge in [-0.05, 0) is 44.4 Å². The Labute approximate surface area is 212 Å². The summed E-state index contributed by atoms with van der Waals surface area (Å²) in [4.78, 5) is 10.5. The molecule has 194 valence electrons. The number of hydrogen-bond acceptors (Lipinski definition) is 1. The quantitative estimate of drug-likeness (QED) is 0.0915. The fourth-order valence-electron chi connectivity index (χ4n) is 4.18. The molecule has 0 aromatic rings. The van der Waals surface area contributed by atoms with Gasteiger partial charge in [-0.2, -0.15) is 0 Å². The first-order chi connectivity index (χ1) is 16.6. The van der Waals surface area contributed by atoms with Crippen LogP contribution in [-0.4, -0.2) is 11.1 Å². The van der Waals surface area contributed by atoms with E-state index >= 15 is 0 Å². The Bertz CT molecular complexity index is 594. The average molecular weight is 471 g/mol. The number of carboxylic acid groups (broad SMARTS) is 1. The van der Waals surface area contributed by atoms with Gasteiger partial charge >= 0.3 is 5.97 Å². The Morgan fingerprint density at radius 2 is 1.06 bits per heavy atom. The van der Waals surface area contributed by atoms with Gasteiger partial charge in [0.15, 0.2) is 0 Å². The van der Waals surface area contributed by atoms with Crippen molar-refractivity contribution in [2.75, 3.05) is 0 Å². The van der Waals surface area contributed by atoms with Crippen LogP contribution in [0.4, 0.5) is 0 Å². The van der Waals surface area contributed by atoms with E-state index in [-0.39, 0.29) is 0 Å². The normalized spacial score (nSPS) is 14.4. The number of unbranched alkanes of at least 4 members (excludes halogenated alkanes) is 13. The van der Waals surface area contributed by atoms with Crippen molar-refractivity contribution in [3.8, 4) is 0 Å². The van der Waals surface area contributed by atoms with Crippen molar-refractivity contribution in [3.05, 3.63) is 60.8 Å². The zero-order valence-corrected chi connectivity index (χ0v) is 22.6. The molecule has 0 aliphatic carbocycles. The third-order valence-electron chi connectivity index (χ3n) is 6.16. The molecule has 2 nitrogen and oxygen atoms in total. The Hall–Kier alpha value is -1.83. The van der Waals surface area contributed by atoms with Crippen molar-refractivity contribution in [2.45, 2.75) is 124 Å². The first-order valence-electron chi connectivity index (χ1n) is 14.1. The fraction of sp³-hybridized carbons (Fsp3) is 0.656. The van der Waals surface area contributed by atoms with E-state index in [1.54, 1.807) is 0 Å². The Balaban J connectivity index is 3.48. The van der Waals surface area contributed by atoms with E-state index in [2.05, 4.69) is 56.4 Å². The van der Waals surface area contributed by atoms with E-state index < -0.39 is 5.97 Å². The molecule has 0 bridgehead atoms. The molecule has 0 spiro atoms. The number of allylic oxidation sites excluding steroid dienone is 10. The lowest BCUT2D eigenvalue weighted by molar-refractivity contribution is -0.137. The molecule has 0 aromatic carbocycles. The molecule has 0 amide bonds. The summed E-state index contributed by atoms with van der Waals surface area (Å²) in [7, 11) is 0. The summed E-state index contributed by atoms with van der Waals surface area (Å²) in [6, 6.07) is 0. The van der Waals surface area contributed by atoms with Crippen LogP contribution in [0.3, 0.4) is 0 Å². The summed E-state index contributed by atoms with van der Waals surface area (Å²) in [6.07, 6.45) is 41.0. The molecular weight excluding hydrogens is 416 g/mol. The molecule has 2 unspecified atom stereocenters. The summed E-state index contributed by atoms with van der Waals surface area (Å²) in [6.45, 7) is 6.65. The van der Waals surface area contributed by atoms with Crippen LogP contribution in [0.2, 0.25) is 0 Å². The highest BCUT2D eigenvalue weighted by atomic mass is 16.4. The van der Waals surface area contributed by atoms with Crippen LogP contribution in [0, 0.1) is 11.8 Å². The molecule has 0 saturated heterocycles. The molecule has 0 aliphatic rings. The largest absolute Gasteiger partial charge is 0.481 e. The molecule has 2 heteroatoms. The molecule has 0 fully saturated rings. The number of aliphatic carboxylic acids is 1. The highest BCUT2D eigenvalue weighted by molar-refractivity contribution is 5.66. The second-order valence-electron chi connectivity index (χ2n) is 9.83. The second kappa shape index (κ2) is 25.8. The topological polar surface area (TPSA) is 37.3 Å². The number of carboxylic acids is 1. The van der Waals surface area contributed by atoms with Gasteiger partial charge in [0.05, 0.1) is 0 Å². The van der Waals surface area contributed by atoms with E-state index in [1.165, 1.54) is 83.5 Å². The fourth-order valence-corrected chi connectivity index (χ4v) is 4.18. The maximum atomic E-state index is 10.5. The second-order valence-corrected chi connectivity index (χ2v) is 9.83. The molecule has 0 heterocycles. The minimum absolute atomic E-state index is 0.335. The van der Waals surface area contributed by atoms with Crippen LogP contribution >= 0.6 is 0 Å². The van der Waals surface area contributed by atoms with Crippen LogP contribution in [0.1, 0.15) is 124 Å². The monoisotopic (exact) mass is 470 g/mol. The van der Waals surface area contributed by atoms with Gasteiger partial charge in [-0.25, -0.2) is 0 Å². The third kappa shape index (κ3) is 26.4. The van der Waals surface area contributed by atoms with Crippen molar-refractivity contribution in [2.24, 2.45) is 11.8 Å². The van der Waals surface area contributed by atoms with Crippen molar-refractivity contribution in [1.29, 1.82) is 0 Å². The smallest absolute Gasteiger partial charge is 0.303 e. The van der Waals surface area contributed by atoms with Gasteiger partial charge in [-0.3, -0.25) is 4.79 Å². The predicted octanol–water partition coefficient (Wildman–Crippen LogP) is 10.4. The van der Waals surface area contributed by atoms with Gasteiger partial charge in [0, 0.05) is 6.42 Å². The first kappa shape index (κ1) is 32.2. The van der Waals surface area contributed by atoms with E-state index in [0.717, 1.165) is 12.8 Å². The molecule has 0 saturated carbocycles. The SMILES string of the molecule is CC=CC=CC=CC=CC(C)CC(C)C=CCCCCCCCCCCCCCCCC(=O)O. The highest BCUT2D eigenvalue weighted by Crippen LogP contribution is 2.16. The van der Waals surface area contributed by atoms with Gasteiger partial charge in [0.1, 0.15) is 0 Å². The zero-order chi connectivity index (χ0) is 25.1. The van der Waals surface area contributed by atoms with Crippen molar-refractivity contribution in [3.63, 3.8) is 0 Å². The molecule has 34 heavy (non-hydrogen) atoms. The van der Waals surface area contributed by atoms with Crippen LogP contribution in [-0.2, 0) is 4.79 Å². The van der Waals surface area contributed by atoms with Gasteiger partial charge < -0.3 is 5.11 Å². The zero-order valence-electron chi connectivity index (χ0n) is 22.6. The molecule has 0 aromatic heterocycles. The standard InChI is InChI=1S/C32H54O2/c1-4-5-6-7-17-20-23-26-30(2)29-31(3)27-24-21-18-15-13-11-9-8-10-12-14-16-19-22-25-28-32(33)34/h4-7,17,20,23-24,26-27,30-31H,8-16,18-19,21-22,25,28-29H2,1-3H3,(H,33,34). The average Bonchev–Trinajstić information content (AvgIpc) is 2.80. The third-order valence-corrected chi connectivity index (χ3v) is 6.16. The van der Waals surface area contributed by atoms with Crippen LogP contribution in [0.15, 0.2) is 60.8 Å². The molecule has 0 radical (unpaired) electrons. The molecule has 2 atom stereocenters. The Morgan fingerprint density at radius 1 is 0.618 bits per heavy atom. The Kier molecular flexibility index (Phi) is 24.4. The molecule has 1 N–H and O–H groups in total. The van der Waals surface area contributed by atoms with E-state index in [4.69, 9.17) is 5.11 Å². The van der Waals surface area contributed by atoms with Crippen molar-refractivity contribution >= 4 is 5.97 Å². The van der Waals surface area contributed by atoms with Crippen LogP contribution in [0.25, 0.3) is 0 Å². The summed E-state index contributed by atoms with van der Waals surface area (Å²) >= 11 is 0. The van der Waals surface area contributed by atoms with Crippen LogP contribution in [0.5, 0.6) is 0 Å². The number of carbonyl (C=O) groups is 1.